The number of amides is 1. The number of nitrogens with zero attached hydrogens (tertiary/aromatic N) is 3. The summed E-state index contributed by atoms with van der Waals surface area (Å²) >= 11 is 6.12. The van der Waals surface area contributed by atoms with Crippen LogP contribution in [0.5, 0.6) is 0 Å². The monoisotopic (exact) mass is 441 g/mol. The molecule has 0 saturated carbocycles. The van der Waals surface area contributed by atoms with Crippen LogP contribution in [0, 0.1) is 0 Å². The molecule has 6 nitrogen and oxygen atoms in total. The van der Waals surface area contributed by atoms with E-state index < -0.39 is 0 Å². The van der Waals surface area contributed by atoms with Crippen LogP contribution in [0.3, 0.4) is 0 Å². The molecule has 166 valence electrons. The maximum absolute atomic E-state index is 11.8. The van der Waals surface area contributed by atoms with Gasteiger partial charge in [-0.15, -0.1) is 0 Å². The molecular formula is C24H32ClN5O. The summed E-state index contributed by atoms with van der Waals surface area (Å²) in [4.78, 5) is 21.5. The Bertz CT molecular complexity index is 893. The summed E-state index contributed by atoms with van der Waals surface area (Å²) < 4.78 is 0. The minimum absolute atomic E-state index is 0.0608. The quantitative estimate of drug-likeness (QED) is 0.512. The zero-order chi connectivity index (χ0) is 22.1. The molecule has 7 heteroatoms. The van der Waals surface area contributed by atoms with Crippen LogP contribution in [0.1, 0.15) is 28.4 Å². The third-order valence-electron chi connectivity index (χ3n) is 5.38. The summed E-state index contributed by atoms with van der Waals surface area (Å²) in [6.45, 7) is 8.41. The van der Waals surface area contributed by atoms with Gasteiger partial charge in [0.25, 0.3) is 5.91 Å². The van der Waals surface area contributed by atoms with E-state index in [0.29, 0.717) is 12.1 Å². The lowest BCUT2D eigenvalue weighted by atomic mass is 10.1. The van der Waals surface area contributed by atoms with Gasteiger partial charge in [0.2, 0.25) is 0 Å². The van der Waals surface area contributed by atoms with Crippen LogP contribution in [0.4, 0.5) is 0 Å². The Hall–Kier alpha value is -2.57. The fourth-order valence-electron chi connectivity index (χ4n) is 3.74. The van der Waals surface area contributed by atoms with Gasteiger partial charge in [-0.3, -0.25) is 14.7 Å². The number of carbonyl (C=O) groups excluding carboxylic acids is 1. The average molecular weight is 442 g/mol. The van der Waals surface area contributed by atoms with Gasteiger partial charge in [0.05, 0.1) is 0 Å². The third-order valence-corrected chi connectivity index (χ3v) is 5.62. The number of aliphatic imine (C=N–C) groups is 1. The zero-order valence-electron chi connectivity index (χ0n) is 18.4. The Balaban J connectivity index is 1.53. The SMILES string of the molecule is CCNC(=NCCc1cccc(C(=O)NC)c1)N1CCN(Cc2cccc(Cl)c2)CC1. The number of benzene rings is 2. The maximum Gasteiger partial charge on any atom is 0.251 e. The molecule has 1 aliphatic rings. The minimum atomic E-state index is -0.0608. The van der Waals surface area contributed by atoms with Gasteiger partial charge in [-0.05, 0) is 48.7 Å². The molecular weight excluding hydrogens is 410 g/mol. The summed E-state index contributed by atoms with van der Waals surface area (Å²) in [5, 5.41) is 6.89. The second-order valence-corrected chi connectivity index (χ2v) is 8.09. The van der Waals surface area contributed by atoms with Crippen LogP contribution in [-0.2, 0) is 13.0 Å². The smallest absolute Gasteiger partial charge is 0.251 e. The zero-order valence-corrected chi connectivity index (χ0v) is 19.2. The van der Waals surface area contributed by atoms with E-state index in [-0.39, 0.29) is 5.91 Å². The van der Waals surface area contributed by atoms with Crippen molar-refractivity contribution in [1.29, 1.82) is 0 Å². The van der Waals surface area contributed by atoms with Crippen molar-refractivity contribution >= 4 is 23.5 Å². The highest BCUT2D eigenvalue weighted by Crippen LogP contribution is 2.14. The van der Waals surface area contributed by atoms with Crippen LogP contribution in [0.2, 0.25) is 5.02 Å². The van der Waals surface area contributed by atoms with Crippen molar-refractivity contribution in [1.82, 2.24) is 20.4 Å². The molecule has 1 saturated heterocycles. The largest absolute Gasteiger partial charge is 0.357 e. The molecule has 0 aromatic heterocycles. The fourth-order valence-corrected chi connectivity index (χ4v) is 3.95. The summed E-state index contributed by atoms with van der Waals surface area (Å²) in [5.74, 6) is 0.904. The second kappa shape index (κ2) is 11.7. The van der Waals surface area contributed by atoms with Gasteiger partial charge < -0.3 is 15.5 Å². The van der Waals surface area contributed by atoms with Crippen molar-refractivity contribution in [2.45, 2.75) is 19.9 Å². The Kier molecular flexibility index (Phi) is 8.74. The molecule has 0 unspecified atom stereocenters. The molecule has 31 heavy (non-hydrogen) atoms. The predicted octanol–water partition coefficient (Wildman–Crippen LogP) is 3.03. The number of hydrogen-bond donors (Lipinski definition) is 2. The van der Waals surface area contributed by atoms with E-state index in [4.69, 9.17) is 16.6 Å². The number of hydrogen-bond acceptors (Lipinski definition) is 3. The van der Waals surface area contributed by atoms with E-state index in [0.717, 1.165) is 62.2 Å². The Morgan fingerprint density at radius 1 is 1.06 bits per heavy atom. The van der Waals surface area contributed by atoms with Crippen molar-refractivity contribution in [3.8, 4) is 0 Å². The predicted molar refractivity (Wildman–Crippen MR) is 128 cm³/mol. The highest BCUT2D eigenvalue weighted by atomic mass is 35.5. The third kappa shape index (κ3) is 6.97. The van der Waals surface area contributed by atoms with E-state index in [1.54, 1.807) is 7.05 Å². The van der Waals surface area contributed by atoms with Crippen LogP contribution in [0.25, 0.3) is 0 Å². The summed E-state index contributed by atoms with van der Waals surface area (Å²) in [6.07, 6.45) is 0.800. The Labute approximate surface area is 190 Å². The summed E-state index contributed by atoms with van der Waals surface area (Å²) in [5.41, 5.74) is 3.05. The molecule has 0 bridgehead atoms. The van der Waals surface area contributed by atoms with E-state index >= 15 is 0 Å². The molecule has 0 aliphatic carbocycles. The Morgan fingerprint density at radius 2 is 1.81 bits per heavy atom. The molecule has 1 heterocycles. The van der Waals surface area contributed by atoms with E-state index in [9.17, 15) is 4.79 Å². The normalized spacial score (nSPS) is 15.1. The molecule has 1 fully saturated rings. The van der Waals surface area contributed by atoms with Gasteiger partial charge in [0.1, 0.15) is 0 Å². The van der Waals surface area contributed by atoms with Gasteiger partial charge in [0.15, 0.2) is 5.96 Å². The lowest BCUT2D eigenvalue weighted by molar-refractivity contribution is 0.0963. The number of nitrogens with one attached hydrogen (secondary N) is 2. The lowest BCUT2D eigenvalue weighted by Crippen LogP contribution is -2.52. The van der Waals surface area contributed by atoms with E-state index in [1.165, 1.54) is 5.56 Å². The second-order valence-electron chi connectivity index (χ2n) is 7.66. The molecule has 2 aromatic rings. The number of halogens is 1. The van der Waals surface area contributed by atoms with Crippen molar-refractivity contribution < 1.29 is 4.79 Å². The number of guanidine groups is 1. The molecule has 3 rings (SSSR count). The first-order chi connectivity index (χ1) is 15.1. The van der Waals surface area contributed by atoms with Gasteiger partial charge in [-0.1, -0.05) is 35.9 Å². The van der Waals surface area contributed by atoms with Crippen molar-refractivity contribution in [2.24, 2.45) is 4.99 Å². The molecule has 1 amide bonds. The first-order valence-corrected chi connectivity index (χ1v) is 11.3. The summed E-state index contributed by atoms with van der Waals surface area (Å²) in [7, 11) is 1.65. The van der Waals surface area contributed by atoms with Crippen LogP contribution in [-0.4, -0.2) is 68.0 Å². The molecule has 0 radical (unpaired) electrons. The first-order valence-electron chi connectivity index (χ1n) is 10.9. The number of rotatable bonds is 7. The fraction of sp³-hybridized carbons (Fsp3) is 0.417. The highest BCUT2D eigenvalue weighted by Gasteiger charge is 2.19. The van der Waals surface area contributed by atoms with Gasteiger partial charge in [-0.2, -0.15) is 0 Å². The number of carbonyl (C=O) groups is 1. The topological polar surface area (TPSA) is 60.0 Å². The van der Waals surface area contributed by atoms with Crippen LogP contribution >= 0.6 is 11.6 Å². The van der Waals surface area contributed by atoms with Gasteiger partial charge in [0, 0.05) is 63.4 Å². The molecule has 0 atom stereocenters. The van der Waals surface area contributed by atoms with Gasteiger partial charge >= 0.3 is 0 Å². The number of piperazine rings is 1. The minimum Gasteiger partial charge on any atom is -0.357 e. The van der Waals surface area contributed by atoms with Crippen molar-refractivity contribution in [3.05, 3.63) is 70.2 Å². The average Bonchev–Trinajstić information content (AvgIpc) is 2.79. The molecule has 1 aliphatic heterocycles. The maximum atomic E-state index is 11.8. The summed E-state index contributed by atoms with van der Waals surface area (Å²) in [6, 6.07) is 15.8. The van der Waals surface area contributed by atoms with E-state index in [1.807, 2.05) is 42.5 Å². The van der Waals surface area contributed by atoms with Crippen molar-refractivity contribution in [2.75, 3.05) is 46.3 Å². The standard InChI is InChI=1S/C24H32ClN5O/c1-3-27-24(28-11-10-19-6-4-8-21(16-19)23(31)26-2)30-14-12-29(13-15-30)18-20-7-5-9-22(25)17-20/h4-9,16-17H,3,10-15,18H2,1-2H3,(H,26,31)(H,27,28). The van der Waals surface area contributed by atoms with Crippen LogP contribution < -0.4 is 10.6 Å². The van der Waals surface area contributed by atoms with Gasteiger partial charge in [-0.25, -0.2) is 0 Å². The highest BCUT2D eigenvalue weighted by molar-refractivity contribution is 6.30. The Morgan fingerprint density at radius 3 is 2.52 bits per heavy atom. The van der Waals surface area contributed by atoms with Crippen LogP contribution in [0.15, 0.2) is 53.5 Å². The van der Waals surface area contributed by atoms with Crippen molar-refractivity contribution in [3.63, 3.8) is 0 Å². The lowest BCUT2D eigenvalue weighted by Gasteiger charge is -2.36. The molecule has 2 aromatic carbocycles. The van der Waals surface area contributed by atoms with E-state index in [2.05, 4.69) is 33.4 Å². The molecule has 2 N–H and O–H groups in total. The first kappa shape index (κ1) is 23.1. The molecule has 0 spiro atoms.